The number of hydrogen-bond acceptors (Lipinski definition) is 4. The number of halogens is 1. The summed E-state index contributed by atoms with van der Waals surface area (Å²) in [5, 5.41) is 3.40. The molecule has 2 aromatic heterocycles. The van der Waals surface area contributed by atoms with E-state index in [0.717, 1.165) is 17.1 Å². The van der Waals surface area contributed by atoms with Gasteiger partial charge in [0.15, 0.2) is 0 Å². The molecule has 0 saturated heterocycles. The van der Waals surface area contributed by atoms with Crippen LogP contribution in [0.3, 0.4) is 0 Å². The Morgan fingerprint density at radius 1 is 0.806 bits per heavy atom. The van der Waals surface area contributed by atoms with Crippen molar-refractivity contribution in [2.24, 2.45) is 5.73 Å². The summed E-state index contributed by atoms with van der Waals surface area (Å²) in [6.45, 7) is 8.14. The van der Waals surface area contributed by atoms with Gasteiger partial charge < -0.3 is 21.0 Å². The summed E-state index contributed by atoms with van der Waals surface area (Å²) in [5.74, 6) is 1.21. The average Bonchev–Trinajstić information content (AvgIpc) is 3.43. The number of hydrogen-bond donors (Lipinski definition) is 4. The van der Waals surface area contributed by atoms with Crippen LogP contribution >= 0.6 is 0 Å². The molecule has 4 aromatic rings. The molecule has 5 N–H and O–H groups in total. The lowest BCUT2D eigenvalue weighted by molar-refractivity contribution is 0.630. The van der Waals surface area contributed by atoms with Crippen molar-refractivity contribution in [1.82, 2.24) is 19.9 Å². The van der Waals surface area contributed by atoms with Gasteiger partial charge in [0.2, 0.25) is 0 Å². The quantitative estimate of drug-likeness (QED) is 0.351. The fourth-order valence-corrected chi connectivity index (χ4v) is 2.60. The first kappa shape index (κ1) is 23.8. The number of aromatic nitrogens is 4. The van der Waals surface area contributed by atoms with E-state index in [0.29, 0.717) is 23.5 Å². The van der Waals surface area contributed by atoms with Crippen molar-refractivity contribution in [2.45, 2.75) is 39.8 Å². The third-order valence-corrected chi connectivity index (χ3v) is 3.75. The molecule has 0 amide bonds. The van der Waals surface area contributed by atoms with E-state index in [9.17, 15) is 4.39 Å². The Morgan fingerprint density at radius 3 is 1.77 bits per heavy atom. The van der Waals surface area contributed by atoms with Crippen LogP contribution in [-0.4, -0.2) is 32.0 Å². The van der Waals surface area contributed by atoms with Crippen LogP contribution in [-0.2, 0) is 0 Å². The first-order valence-corrected chi connectivity index (χ1v) is 10.2. The first-order valence-electron chi connectivity index (χ1n) is 10.2. The Balaban J connectivity index is 0.000000192. The summed E-state index contributed by atoms with van der Waals surface area (Å²) < 4.78 is 13.1. The minimum Gasteiger partial charge on any atom is -0.382 e. The highest BCUT2D eigenvalue weighted by molar-refractivity contribution is 5.73. The van der Waals surface area contributed by atoms with Gasteiger partial charge in [0.05, 0.1) is 5.56 Å². The lowest BCUT2D eigenvalue weighted by Gasteiger charge is -2.13. The van der Waals surface area contributed by atoms with Crippen LogP contribution < -0.4 is 11.1 Å². The van der Waals surface area contributed by atoms with Crippen molar-refractivity contribution in [3.05, 3.63) is 79.1 Å². The third kappa shape index (κ3) is 8.06. The number of imidazole rings is 2. The molecule has 0 fully saturated rings. The molecule has 0 radical (unpaired) electrons. The summed E-state index contributed by atoms with van der Waals surface area (Å²) in [7, 11) is 0. The molecule has 2 heterocycles. The van der Waals surface area contributed by atoms with E-state index in [-0.39, 0.29) is 5.82 Å². The van der Waals surface area contributed by atoms with Crippen molar-refractivity contribution in [1.29, 1.82) is 0 Å². The van der Waals surface area contributed by atoms with Gasteiger partial charge in [0.25, 0.3) is 0 Å². The standard InChI is InChI=1S/C12H15N3.C9H7FN2.C3H9N/c1-9(2)15-11-6-4-3-5-10(11)12-13-7-8-14-12;10-8-4-2-1-3-7(8)9-11-5-6-12-9;1-3(2)4/h3-9,15H,1-2H3,(H,13,14);1-6H,(H,11,12);3H,4H2,1-2H3. The Kier molecular flexibility index (Phi) is 9.45. The fourth-order valence-electron chi connectivity index (χ4n) is 2.60. The molecule has 0 saturated carbocycles. The highest BCUT2D eigenvalue weighted by Crippen LogP contribution is 2.25. The monoisotopic (exact) mass is 422 g/mol. The zero-order valence-electron chi connectivity index (χ0n) is 18.4. The van der Waals surface area contributed by atoms with Gasteiger partial charge in [-0.25, -0.2) is 14.4 Å². The molecule has 4 rings (SSSR count). The zero-order chi connectivity index (χ0) is 22.6. The Labute approximate surface area is 183 Å². The Morgan fingerprint density at radius 2 is 1.29 bits per heavy atom. The number of nitrogens with two attached hydrogens (primary N) is 1. The average molecular weight is 423 g/mol. The molecule has 7 heteroatoms. The summed E-state index contributed by atoms with van der Waals surface area (Å²) >= 11 is 0. The number of aromatic amines is 2. The van der Waals surface area contributed by atoms with Gasteiger partial charge in [0, 0.05) is 42.1 Å². The SMILES string of the molecule is CC(C)N.CC(C)Nc1ccccc1-c1ncc[nH]1.Fc1ccccc1-c1ncc[nH]1. The number of rotatable bonds is 4. The van der Waals surface area contributed by atoms with Gasteiger partial charge in [-0.1, -0.05) is 38.1 Å². The zero-order valence-corrected chi connectivity index (χ0v) is 18.4. The first-order chi connectivity index (χ1) is 14.9. The maximum Gasteiger partial charge on any atom is 0.140 e. The number of nitrogens with one attached hydrogen (secondary N) is 3. The molecule has 164 valence electrons. The summed E-state index contributed by atoms with van der Waals surface area (Å²) in [4.78, 5) is 14.2. The van der Waals surface area contributed by atoms with Gasteiger partial charge >= 0.3 is 0 Å². The minimum atomic E-state index is -0.257. The molecule has 2 aromatic carbocycles. The molecule has 0 bridgehead atoms. The van der Waals surface area contributed by atoms with Gasteiger partial charge in [-0.05, 0) is 44.2 Å². The van der Waals surface area contributed by atoms with E-state index < -0.39 is 0 Å². The van der Waals surface area contributed by atoms with E-state index in [1.54, 1.807) is 36.8 Å². The van der Waals surface area contributed by atoms with Crippen LogP contribution in [0.2, 0.25) is 0 Å². The highest BCUT2D eigenvalue weighted by Gasteiger charge is 2.06. The van der Waals surface area contributed by atoms with Gasteiger partial charge in [-0.3, -0.25) is 0 Å². The minimum absolute atomic E-state index is 0.257. The van der Waals surface area contributed by atoms with Crippen LogP contribution in [0.15, 0.2) is 73.3 Å². The lowest BCUT2D eigenvalue weighted by Crippen LogP contribution is -2.10. The van der Waals surface area contributed by atoms with Crippen LogP contribution in [0.25, 0.3) is 22.8 Å². The number of anilines is 1. The van der Waals surface area contributed by atoms with E-state index >= 15 is 0 Å². The van der Waals surface area contributed by atoms with Crippen LogP contribution in [0, 0.1) is 5.82 Å². The third-order valence-electron chi connectivity index (χ3n) is 3.75. The Bertz CT molecular complexity index is 992. The molecule has 31 heavy (non-hydrogen) atoms. The molecule has 0 atom stereocenters. The predicted molar refractivity (Wildman–Crippen MR) is 126 cm³/mol. The normalized spacial score (nSPS) is 10.2. The largest absolute Gasteiger partial charge is 0.382 e. The molecule has 0 aliphatic rings. The molecular weight excluding hydrogens is 391 g/mol. The second-order valence-electron chi connectivity index (χ2n) is 7.44. The summed E-state index contributed by atoms with van der Waals surface area (Å²) in [5.41, 5.74) is 7.83. The van der Waals surface area contributed by atoms with E-state index in [2.05, 4.69) is 51.2 Å². The van der Waals surface area contributed by atoms with Crippen LogP contribution in [0.4, 0.5) is 10.1 Å². The summed E-state index contributed by atoms with van der Waals surface area (Å²) in [6.07, 6.45) is 6.87. The number of nitrogens with zero attached hydrogens (tertiary/aromatic N) is 2. The molecule has 0 aliphatic heterocycles. The Hall–Kier alpha value is -3.45. The highest BCUT2D eigenvalue weighted by atomic mass is 19.1. The van der Waals surface area contributed by atoms with Crippen molar-refractivity contribution in [3.8, 4) is 22.8 Å². The molecule has 6 nitrogen and oxygen atoms in total. The molecule has 0 aliphatic carbocycles. The smallest absolute Gasteiger partial charge is 0.140 e. The van der Waals surface area contributed by atoms with Crippen molar-refractivity contribution >= 4 is 5.69 Å². The number of H-pyrrole nitrogens is 2. The van der Waals surface area contributed by atoms with Gasteiger partial charge in [-0.2, -0.15) is 0 Å². The maximum absolute atomic E-state index is 13.1. The number of para-hydroxylation sites is 1. The van der Waals surface area contributed by atoms with Crippen LogP contribution in [0.1, 0.15) is 27.7 Å². The van der Waals surface area contributed by atoms with Crippen LogP contribution in [0.5, 0.6) is 0 Å². The maximum atomic E-state index is 13.1. The topological polar surface area (TPSA) is 95.4 Å². The fraction of sp³-hybridized carbons (Fsp3) is 0.250. The van der Waals surface area contributed by atoms with E-state index in [1.165, 1.54) is 6.07 Å². The number of benzene rings is 2. The lowest BCUT2D eigenvalue weighted by atomic mass is 10.1. The van der Waals surface area contributed by atoms with Crippen molar-refractivity contribution in [3.63, 3.8) is 0 Å². The summed E-state index contributed by atoms with van der Waals surface area (Å²) in [6, 6.07) is 15.5. The second-order valence-corrected chi connectivity index (χ2v) is 7.44. The second kappa shape index (κ2) is 12.3. The van der Waals surface area contributed by atoms with Gasteiger partial charge in [0.1, 0.15) is 17.5 Å². The van der Waals surface area contributed by atoms with Crippen molar-refractivity contribution < 1.29 is 4.39 Å². The molecule has 0 spiro atoms. The van der Waals surface area contributed by atoms with Gasteiger partial charge in [-0.15, -0.1) is 0 Å². The predicted octanol–water partition coefficient (Wildman–Crippen LogP) is 5.47. The molecule has 0 unspecified atom stereocenters. The van der Waals surface area contributed by atoms with Crippen molar-refractivity contribution in [2.75, 3.05) is 5.32 Å². The molecular formula is C24H31FN6. The van der Waals surface area contributed by atoms with E-state index in [4.69, 9.17) is 5.73 Å². The van der Waals surface area contributed by atoms with E-state index in [1.807, 2.05) is 32.2 Å².